The minimum absolute atomic E-state index is 0.0306. The third-order valence-electron chi connectivity index (χ3n) is 5.28. The zero-order chi connectivity index (χ0) is 19.8. The Labute approximate surface area is 162 Å². The van der Waals surface area contributed by atoms with Crippen LogP contribution in [0.5, 0.6) is 0 Å². The van der Waals surface area contributed by atoms with Crippen LogP contribution < -0.4 is 0 Å². The molecule has 0 aromatic carbocycles. The maximum absolute atomic E-state index is 6.01. The summed E-state index contributed by atoms with van der Waals surface area (Å²) in [7, 11) is 0. The van der Waals surface area contributed by atoms with Gasteiger partial charge in [-0.2, -0.15) is 9.78 Å². The fraction of sp³-hybridized carbons (Fsp3) is 1.00. The summed E-state index contributed by atoms with van der Waals surface area (Å²) in [6.45, 7) is 17.5. The van der Waals surface area contributed by atoms with Crippen molar-refractivity contribution in [2.24, 2.45) is 10.8 Å². The molecular formula is C22H44O4. The number of hydrogen-bond acceptors (Lipinski definition) is 4. The van der Waals surface area contributed by atoms with Gasteiger partial charge >= 0.3 is 0 Å². The van der Waals surface area contributed by atoms with Gasteiger partial charge in [-0.3, -0.25) is 0 Å². The van der Waals surface area contributed by atoms with Gasteiger partial charge in [0.2, 0.25) is 5.79 Å². The molecule has 0 radical (unpaired) electrons. The highest BCUT2D eigenvalue weighted by molar-refractivity contribution is 4.77. The second-order valence-corrected chi connectivity index (χ2v) is 10.1. The van der Waals surface area contributed by atoms with E-state index in [0.717, 1.165) is 51.4 Å². The van der Waals surface area contributed by atoms with Crippen LogP contribution in [-0.2, 0) is 19.6 Å². The summed E-state index contributed by atoms with van der Waals surface area (Å²) in [4.78, 5) is 23.9. The lowest BCUT2D eigenvalue weighted by molar-refractivity contribution is -0.539. The second kappa shape index (κ2) is 10.4. The molecule has 2 unspecified atom stereocenters. The van der Waals surface area contributed by atoms with Gasteiger partial charge < -0.3 is 0 Å². The van der Waals surface area contributed by atoms with Crippen molar-refractivity contribution < 1.29 is 19.6 Å². The van der Waals surface area contributed by atoms with Gasteiger partial charge in [-0.15, -0.1) is 0 Å². The normalized spacial score (nSPS) is 20.8. The molecule has 4 nitrogen and oxygen atoms in total. The van der Waals surface area contributed by atoms with Crippen LogP contribution in [0.1, 0.15) is 113 Å². The van der Waals surface area contributed by atoms with E-state index in [0.29, 0.717) is 0 Å². The first-order valence-electron chi connectivity index (χ1n) is 10.7. The number of rotatable bonds is 10. The van der Waals surface area contributed by atoms with E-state index in [9.17, 15) is 0 Å². The Hall–Kier alpha value is -0.160. The van der Waals surface area contributed by atoms with Crippen molar-refractivity contribution >= 4 is 0 Å². The van der Waals surface area contributed by atoms with Crippen molar-refractivity contribution in [2.75, 3.05) is 0 Å². The van der Waals surface area contributed by atoms with Gasteiger partial charge in [0, 0.05) is 12.8 Å². The van der Waals surface area contributed by atoms with Gasteiger partial charge in [0.1, 0.15) is 0 Å². The first-order valence-corrected chi connectivity index (χ1v) is 10.7. The third kappa shape index (κ3) is 7.84. The highest BCUT2D eigenvalue weighted by Gasteiger charge is 2.41. The summed E-state index contributed by atoms with van der Waals surface area (Å²) in [5.74, 6) is -0.771. The molecule has 0 saturated heterocycles. The Bertz CT molecular complexity index is 345. The van der Waals surface area contributed by atoms with Crippen LogP contribution in [0.4, 0.5) is 0 Å². The molecule has 1 fully saturated rings. The summed E-state index contributed by atoms with van der Waals surface area (Å²) in [5.41, 5.74) is 0.0613. The van der Waals surface area contributed by atoms with E-state index in [1.165, 1.54) is 6.42 Å². The summed E-state index contributed by atoms with van der Waals surface area (Å²) in [5, 5.41) is 0. The first kappa shape index (κ1) is 23.9. The summed E-state index contributed by atoms with van der Waals surface area (Å²) in [6.07, 6.45) is 9.18. The summed E-state index contributed by atoms with van der Waals surface area (Å²) >= 11 is 0. The Morgan fingerprint density at radius 2 is 1.08 bits per heavy atom. The molecular weight excluding hydrogens is 328 g/mol. The molecule has 0 heterocycles. The smallest absolute Gasteiger partial charge is 0.230 e. The quantitative estimate of drug-likeness (QED) is 0.236. The molecule has 4 heteroatoms. The molecule has 1 aliphatic rings. The van der Waals surface area contributed by atoms with Crippen LogP contribution in [0.2, 0.25) is 0 Å². The van der Waals surface area contributed by atoms with Gasteiger partial charge in [0.05, 0.1) is 12.2 Å². The molecule has 1 saturated carbocycles. The monoisotopic (exact) mass is 372 g/mol. The molecule has 26 heavy (non-hydrogen) atoms. The van der Waals surface area contributed by atoms with Crippen LogP contribution in [-0.4, -0.2) is 18.0 Å². The molecule has 0 aliphatic heterocycles. The van der Waals surface area contributed by atoms with E-state index in [-0.39, 0.29) is 23.0 Å². The Morgan fingerprint density at radius 3 is 1.38 bits per heavy atom. The average molecular weight is 373 g/mol. The van der Waals surface area contributed by atoms with Crippen LogP contribution >= 0.6 is 0 Å². The van der Waals surface area contributed by atoms with E-state index in [2.05, 4.69) is 55.4 Å². The fourth-order valence-corrected chi connectivity index (χ4v) is 3.34. The van der Waals surface area contributed by atoms with Crippen molar-refractivity contribution in [2.45, 2.75) is 131 Å². The molecule has 0 aromatic rings. The molecule has 0 bridgehead atoms. The van der Waals surface area contributed by atoms with Crippen LogP contribution in [0.15, 0.2) is 0 Å². The predicted molar refractivity (Wildman–Crippen MR) is 106 cm³/mol. The third-order valence-corrected chi connectivity index (χ3v) is 5.28. The lowest BCUT2D eigenvalue weighted by Crippen LogP contribution is -2.43. The van der Waals surface area contributed by atoms with Crippen LogP contribution in [0.3, 0.4) is 0 Å². The highest BCUT2D eigenvalue weighted by Crippen LogP contribution is 2.37. The van der Waals surface area contributed by atoms with Crippen LogP contribution in [0.25, 0.3) is 0 Å². The van der Waals surface area contributed by atoms with Gasteiger partial charge in [-0.25, -0.2) is 9.78 Å². The Kier molecular flexibility index (Phi) is 9.55. The average Bonchev–Trinajstić information content (AvgIpc) is 2.54. The van der Waals surface area contributed by atoms with E-state index in [1.54, 1.807) is 0 Å². The fourth-order valence-electron chi connectivity index (χ4n) is 3.34. The standard InChI is InChI=1S/C22H44O4/c1-9-14-18(20(3,4)5)23-25-22(16-12-11-13-17-22)26-24-19(15-10-2)21(6,7)8/h18-19H,9-17H2,1-8H3. The molecule has 1 aliphatic carbocycles. The van der Waals surface area contributed by atoms with E-state index < -0.39 is 5.79 Å². The molecule has 0 N–H and O–H groups in total. The van der Waals surface area contributed by atoms with Crippen molar-refractivity contribution in [1.82, 2.24) is 0 Å². The van der Waals surface area contributed by atoms with E-state index >= 15 is 0 Å². The van der Waals surface area contributed by atoms with Gasteiger partial charge in [0.25, 0.3) is 0 Å². The summed E-state index contributed by atoms with van der Waals surface area (Å²) < 4.78 is 0. The molecule has 0 amide bonds. The molecule has 0 spiro atoms. The first-order chi connectivity index (χ1) is 12.0. The topological polar surface area (TPSA) is 36.9 Å². The van der Waals surface area contributed by atoms with Gasteiger partial charge in [-0.05, 0) is 36.5 Å². The Morgan fingerprint density at radius 1 is 0.692 bits per heavy atom. The predicted octanol–water partition coefficient (Wildman–Crippen LogP) is 6.97. The lowest BCUT2D eigenvalue weighted by atomic mass is 9.86. The molecule has 156 valence electrons. The Balaban J connectivity index is 2.77. The van der Waals surface area contributed by atoms with Crippen molar-refractivity contribution in [3.8, 4) is 0 Å². The minimum atomic E-state index is -0.771. The molecule has 0 aromatic heterocycles. The molecule has 2 atom stereocenters. The van der Waals surface area contributed by atoms with Crippen molar-refractivity contribution in [3.63, 3.8) is 0 Å². The largest absolute Gasteiger partial charge is 0.234 e. The van der Waals surface area contributed by atoms with Gasteiger partial charge in [0.15, 0.2) is 0 Å². The van der Waals surface area contributed by atoms with Gasteiger partial charge in [-0.1, -0.05) is 74.7 Å². The molecule has 1 rings (SSSR count). The minimum Gasteiger partial charge on any atom is -0.230 e. The van der Waals surface area contributed by atoms with E-state index in [1.807, 2.05) is 0 Å². The van der Waals surface area contributed by atoms with Crippen LogP contribution in [0, 0.1) is 10.8 Å². The van der Waals surface area contributed by atoms with Crippen molar-refractivity contribution in [3.05, 3.63) is 0 Å². The zero-order valence-electron chi connectivity index (χ0n) is 18.7. The van der Waals surface area contributed by atoms with Crippen molar-refractivity contribution in [1.29, 1.82) is 0 Å². The SMILES string of the molecule is CCCC(OOC1(OOC(CCC)C(C)(C)C)CCCCC1)C(C)(C)C. The summed E-state index contributed by atoms with van der Waals surface area (Å²) in [6, 6.07) is 0. The lowest BCUT2D eigenvalue weighted by Gasteiger charge is -2.39. The maximum atomic E-state index is 6.01. The second-order valence-electron chi connectivity index (χ2n) is 10.1. The van der Waals surface area contributed by atoms with E-state index in [4.69, 9.17) is 19.6 Å². The highest BCUT2D eigenvalue weighted by atomic mass is 17.3. The zero-order valence-corrected chi connectivity index (χ0v) is 18.7. The number of hydrogen-bond donors (Lipinski definition) is 0. The maximum Gasteiger partial charge on any atom is 0.234 e.